The molecule has 3 rings (SSSR count). The number of carboxylic acids is 1. The highest BCUT2D eigenvalue weighted by Crippen LogP contribution is 2.16. The second-order valence-electron chi connectivity index (χ2n) is 25.8. The van der Waals surface area contributed by atoms with Crippen molar-refractivity contribution in [2.75, 3.05) is 19.7 Å². The molecule has 0 saturated carbocycles. The second-order valence-corrected chi connectivity index (χ2v) is 25.8. The standard InChI is InChI=1S/C67H100N10O15/c1-14-43(6)55(77-58(81)48(76-65(89)92-67(11,12)13)32-24-25-33-68-64(88)91-66(8,9)10)62(85)74-50(36-45-26-18-15-19-27-45)57(80)69-38-54(78)71-53(40-90-39-47-30-22-17-23-31-47)61(84)73-49(34-41(2)3)59(82)70-44(7)56(79)72-51(37-46-28-20-16-21-29-46)60(83)75-52(63(86)87)35-42(4)5/h15-23,26-31,41-44,48-53,55H,14,24-25,32-40H2,1-13H3,(H,68,88)(H,69,80)(H,70,82)(H,71,78)(H,72,79)(H,73,84)(H,74,85)(H,75,83)(H,76,89)(H,77,81)(H,86,87)/t43-,44-,48-,49-,50-,51-,52-,53-,55-/m0/s1. The van der Waals surface area contributed by atoms with Crippen molar-refractivity contribution >= 4 is 65.4 Å². The highest BCUT2D eigenvalue weighted by molar-refractivity contribution is 5.98. The first-order valence-electron chi connectivity index (χ1n) is 31.5. The van der Waals surface area contributed by atoms with Gasteiger partial charge in [-0.05, 0) is 115 Å². The molecule has 3 aromatic rings. The normalized spacial score (nSPS) is 14.4. The van der Waals surface area contributed by atoms with Gasteiger partial charge in [0.25, 0.3) is 0 Å². The zero-order valence-corrected chi connectivity index (χ0v) is 55.7. The summed E-state index contributed by atoms with van der Waals surface area (Å²) < 4.78 is 16.7. The van der Waals surface area contributed by atoms with Crippen LogP contribution in [0.1, 0.15) is 145 Å². The number of hydrogen-bond acceptors (Lipinski definition) is 14. The Hall–Kier alpha value is -8.61. The molecule has 0 aliphatic carbocycles. The van der Waals surface area contributed by atoms with Crippen molar-refractivity contribution in [2.24, 2.45) is 17.8 Å². The average molecular weight is 1290 g/mol. The van der Waals surface area contributed by atoms with Crippen molar-refractivity contribution in [1.29, 1.82) is 0 Å². The molecule has 0 heterocycles. The number of unbranched alkanes of at least 4 members (excludes halogenated alkanes) is 1. The maximum atomic E-state index is 14.5. The van der Waals surface area contributed by atoms with Gasteiger partial charge in [-0.3, -0.25) is 38.4 Å². The van der Waals surface area contributed by atoms with Crippen molar-refractivity contribution in [3.63, 3.8) is 0 Å². The zero-order valence-electron chi connectivity index (χ0n) is 55.7. The summed E-state index contributed by atoms with van der Waals surface area (Å²) in [5, 5.41) is 36.4. The fourth-order valence-electron chi connectivity index (χ4n) is 9.24. The molecule has 0 fully saturated rings. The van der Waals surface area contributed by atoms with E-state index in [0.29, 0.717) is 30.4 Å². The van der Waals surface area contributed by atoms with Gasteiger partial charge in [-0.15, -0.1) is 0 Å². The van der Waals surface area contributed by atoms with E-state index >= 15 is 0 Å². The number of ether oxygens (including phenoxy) is 3. The van der Waals surface area contributed by atoms with Crippen LogP contribution in [-0.2, 0) is 76.8 Å². The van der Waals surface area contributed by atoms with E-state index in [1.54, 1.807) is 147 Å². The zero-order chi connectivity index (χ0) is 68.7. The van der Waals surface area contributed by atoms with Crippen molar-refractivity contribution in [3.8, 4) is 0 Å². The van der Waals surface area contributed by atoms with Crippen molar-refractivity contribution in [3.05, 3.63) is 108 Å². The van der Waals surface area contributed by atoms with Crippen LogP contribution in [0.2, 0.25) is 0 Å². The molecule has 0 unspecified atom stereocenters. The smallest absolute Gasteiger partial charge is 0.408 e. The van der Waals surface area contributed by atoms with Crippen LogP contribution < -0.4 is 53.2 Å². The molecule has 0 spiro atoms. The van der Waals surface area contributed by atoms with E-state index in [4.69, 9.17) is 14.2 Å². The predicted molar refractivity (Wildman–Crippen MR) is 346 cm³/mol. The highest BCUT2D eigenvalue weighted by atomic mass is 16.6. The molecule has 0 bridgehead atoms. The lowest BCUT2D eigenvalue weighted by Crippen LogP contribution is -2.60. The van der Waals surface area contributed by atoms with Gasteiger partial charge in [-0.2, -0.15) is 0 Å². The Morgan fingerprint density at radius 3 is 1.43 bits per heavy atom. The first-order chi connectivity index (χ1) is 43.2. The fourth-order valence-corrected chi connectivity index (χ4v) is 9.24. The summed E-state index contributed by atoms with van der Waals surface area (Å²) in [5.41, 5.74) is 0.435. The molecule has 11 N–H and O–H groups in total. The highest BCUT2D eigenvalue weighted by Gasteiger charge is 2.36. The Kier molecular flexibility index (Phi) is 32.9. The van der Waals surface area contributed by atoms with E-state index in [2.05, 4.69) is 53.2 Å². The molecule has 0 aromatic heterocycles. The lowest BCUT2D eigenvalue weighted by Gasteiger charge is -2.29. The summed E-state index contributed by atoms with van der Waals surface area (Å²) in [7, 11) is 0. The number of carbonyl (C=O) groups excluding carboxylic acids is 10. The van der Waals surface area contributed by atoms with Gasteiger partial charge in [0.1, 0.15) is 59.5 Å². The van der Waals surface area contributed by atoms with Crippen molar-refractivity contribution in [2.45, 2.75) is 208 Å². The molecule has 0 radical (unpaired) electrons. The molecular weight excluding hydrogens is 1180 g/mol. The Balaban J connectivity index is 1.85. The summed E-state index contributed by atoms with van der Waals surface area (Å²) in [6.07, 6.45) is -0.111. The minimum Gasteiger partial charge on any atom is -0.480 e. The largest absolute Gasteiger partial charge is 0.480 e. The van der Waals surface area contributed by atoms with Gasteiger partial charge in [0, 0.05) is 19.4 Å². The van der Waals surface area contributed by atoms with Gasteiger partial charge in [0.05, 0.1) is 19.8 Å². The Morgan fingerprint density at radius 2 is 0.913 bits per heavy atom. The van der Waals surface area contributed by atoms with Crippen LogP contribution in [0.3, 0.4) is 0 Å². The van der Waals surface area contributed by atoms with E-state index in [1.807, 2.05) is 26.8 Å². The number of hydrogen-bond donors (Lipinski definition) is 11. The molecule has 25 heteroatoms. The number of benzene rings is 3. The fraction of sp³-hybridized carbons (Fsp3) is 0.567. The Bertz CT molecular complexity index is 2870. The van der Waals surface area contributed by atoms with E-state index < -0.39 is 144 Å². The summed E-state index contributed by atoms with van der Waals surface area (Å²) in [5.74, 6) is -8.27. The Labute approximate surface area is 541 Å². The third-order valence-electron chi connectivity index (χ3n) is 14.1. The molecule has 0 aliphatic heterocycles. The second kappa shape index (κ2) is 38.9. The van der Waals surface area contributed by atoms with Crippen LogP contribution in [0, 0.1) is 17.8 Å². The van der Waals surface area contributed by atoms with Crippen LogP contribution in [0.5, 0.6) is 0 Å². The van der Waals surface area contributed by atoms with E-state index in [0.717, 1.165) is 5.56 Å². The number of amides is 10. The maximum absolute atomic E-state index is 14.5. The third kappa shape index (κ3) is 30.9. The summed E-state index contributed by atoms with van der Waals surface area (Å²) in [6, 6.07) is 16.2. The number of nitrogens with one attached hydrogen (secondary N) is 10. The number of carbonyl (C=O) groups is 11. The van der Waals surface area contributed by atoms with E-state index in [9.17, 15) is 57.8 Å². The number of carboxylic acid groups (broad SMARTS) is 1. The van der Waals surface area contributed by atoms with Gasteiger partial charge < -0.3 is 72.5 Å². The molecule has 9 atom stereocenters. The first kappa shape index (κ1) is 77.6. The van der Waals surface area contributed by atoms with Crippen LogP contribution in [0.4, 0.5) is 9.59 Å². The van der Waals surface area contributed by atoms with Gasteiger partial charge in [-0.1, -0.05) is 139 Å². The topological polar surface area (TPSA) is 356 Å². The van der Waals surface area contributed by atoms with Crippen LogP contribution in [0.15, 0.2) is 91.0 Å². The average Bonchev–Trinajstić information content (AvgIpc) is 0.977. The first-order valence-corrected chi connectivity index (χ1v) is 31.5. The lowest BCUT2D eigenvalue weighted by molar-refractivity contribution is -0.142. The van der Waals surface area contributed by atoms with Gasteiger partial charge in [0.2, 0.25) is 47.3 Å². The molecule has 0 saturated heterocycles. The molecular formula is C67H100N10O15. The maximum Gasteiger partial charge on any atom is 0.408 e. The minimum absolute atomic E-state index is 0.00474. The monoisotopic (exact) mass is 1280 g/mol. The van der Waals surface area contributed by atoms with Crippen LogP contribution in [0.25, 0.3) is 0 Å². The summed E-state index contributed by atoms with van der Waals surface area (Å²) in [4.78, 5) is 150. The Morgan fingerprint density at radius 1 is 0.457 bits per heavy atom. The minimum atomic E-state index is -1.46. The molecule has 25 nitrogen and oxygen atoms in total. The van der Waals surface area contributed by atoms with Gasteiger partial charge in [-0.25, -0.2) is 14.4 Å². The SMILES string of the molecule is CC[C@H](C)[C@H](NC(=O)[C@H](CCCCNC(=O)OC(C)(C)C)NC(=O)OC(C)(C)C)C(=O)N[C@@H](Cc1ccccc1)C(=O)NCC(=O)N[C@@H](COCc1ccccc1)C(=O)N[C@@H](CC(C)C)C(=O)N[C@@H](C)C(=O)N[C@@H](Cc1ccccc1)C(=O)N[C@@H](CC(C)C)C(=O)O. The van der Waals surface area contributed by atoms with Gasteiger partial charge >= 0.3 is 18.2 Å². The predicted octanol–water partition coefficient (Wildman–Crippen LogP) is 5.03. The summed E-state index contributed by atoms with van der Waals surface area (Å²) in [6.45, 7) is 21.5. The third-order valence-corrected chi connectivity index (χ3v) is 14.1. The van der Waals surface area contributed by atoms with Crippen molar-refractivity contribution < 1.29 is 72.1 Å². The molecule has 508 valence electrons. The molecule has 0 aliphatic rings. The molecule has 92 heavy (non-hydrogen) atoms. The quantitative estimate of drug-likeness (QED) is 0.0337. The van der Waals surface area contributed by atoms with E-state index in [-0.39, 0.29) is 57.1 Å². The summed E-state index contributed by atoms with van der Waals surface area (Å²) >= 11 is 0. The lowest BCUT2D eigenvalue weighted by atomic mass is 9.96. The number of alkyl carbamates (subject to hydrolysis) is 2. The number of aliphatic carboxylic acids is 1. The molecule has 3 aromatic carbocycles. The molecule has 10 amide bonds. The van der Waals surface area contributed by atoms with Crippen LogP contribution >= 0.6 is 0 Å². The number of rotatable bonds is 37. The van der Waals surface area contributed by atoms with Crippen LogP contribution in [-0.4, -0.2) is 150 Å². The van der Waals surface area contributed by atoms with Crippen molar-refractivity contribution in [1.82, 2.24) is 53.2 Å². The van der Waals surface area contributed by atoms with E-state index in [1.165, 1.54) is 6.92 Å². The van der Waals surface area contributed by atoms with Gasteiger partial charge in [0.15, 0.2) is 0 Å².